The lowest BCUT2D eigenvalue weighted by Gasteiger charge is -2.24. The molecule has 2 N–H and O–H groups in total. The first-order chi connectivity index (χ1) is 15.7. The van der Waals surface area contributed by atoms with E-state index < -0.39 is 17.2 Å². The van der Waals surface area contributed by atoms with E-state index in [1.807, 2.05) is 38.1 Å². The summed E-state index contributed by atoms with van der Waals surface area (Å²) in [5.74, 6) is -1.27. The van der Waals surface area contributed by atoms with E-state index >= 15 is 0 Å². The number of carbonyl (C=O) groups excluding carboxylic acids is 1. The largest absolute Gasteiger partial charge is 0.485 e. The third-order valence-corrected chi connectivity index (χ3v) is 5.70. The molecule has 33 heavy (non-hydrogen) atoms. The number of benzene rings is 2. The lowest BCUT2D eigenvalue weighted by molar-refractivity contribution is -0.120. The van der Waals surface area contributed by atoms with Gasteiger partial charge in [0.15, 0.2) is 0 Å². The van der Waals surface area contributed by atoms with E-state index in [2.05, 4.69) is 12.2 Å². The van der Waals surface area contributed by atoms with Crippen molar-refractivity contribution >= 4 is 11.6 Å². The molecular weight excluding hydrogens is 424 g/mol. The summed E-state index contributed by atoms with van der Waals surface area (Å²) in [4.78, 5) is 12.9. The predicted molar refractivity (Wildman–Crippen MR) is 128 cm³/mol. The smallest absolute Gasteiger partial charge is 0.227 e. The molecule has 0 radical (unpaired) electrons. The average Bonchev–Trinajstić information content (AvgIpc) is 2.78. The van der Waals surface area contributed by atoms with E-state index in [0.29, 0.717) is 18.6 Å². The van der Waals surface area contributed by atoms with Gasteiger partial charge in [0.05, 0.1) is 12.3 Å². The minimum atomic E-state index is -0.772. The molecule has 2 aromatic rings. The highest BCUT2D eigenvalue weighted by Crippen LogP contribution is 2.24. The minimum absolute atomic E-state index is 0.00498. The van der Waals surface area contributed by atoms with Crippen molar-refractivity contribution in [3.63, 3.8) is 0 Å². The number of unbranched alkanes of at least 4 members (excludes halogenated alkanes) is 4. The standard InChI is InChI=1S/C27H37F2NO3/c1-4-5-6-7-8-9-21(26(32)30-25-17-14-22(28)18-24(25)29)13-10-20-11-15-23(16-12-20)33-27(2,3)19-31/h11-12,14-18,21,31H,4-10,13,19H2,1-3H3,(H,30,32). The Kier molecular flexibility index (Phi) is 10.8. The van der Waals surface area contributed by atoms with Crippen LogP contribution in [0.25, 0.3) is 0 Å². The summed E-state index contributed by atoms with van der Waals surface area (Å²) in [5.41, 5.74) is 0.421. The van der Waals surface area contributed by atoms with Crippen molar-refractivity contribution in [3.8, 4) is 5.75 Å². The van der Waals surface area contributed by atoms with E-state index in [9.17, 15) is 18.7 Å². The van der Waals surface area contributed by atoms with E-state index in [4.69, 9.17) is 4.74 Å². The monoisotopic (exact) mass is 461 g/mol. The lowest BCUT2D eigenvalue weighted by Crippen LogP contribution is -2.32. The van der Waals surface area contributed by atoms with Crippen molar-refractivity contribution in [2.75, 3.05) is 11.9 Å². The minimum Gasteiger partial charge on any atom is -0.485 e. The molecule has 2 rings (SSSR count). The van der Waals surface area contributed by atoms with Gasteiger partial charge in [-0.2, -0.15) is 0 Å². The van der Waals surface area contributed by atoms with Gasteiger partial charge in [-0.1, -0.05) is 51.2 Å². The molecule has 4 nitrogen and oxygen atoms in total. The number of amides is 1. The second-order valence-electron chi connectivity index (χ2n) is 9.22. The molecule has 0 aliphatic rings. The summed E-state index contributed by atoms with van der Waals surface area (Å²) in [6, 6.07) is 10.8. The number of hydrogen-bond donors (Lipinski definition) is 2. The zero-order valence-electron chi connectivity index (χ0n) is 20.0. The van der Waals surface area contributed by atoms with Crippen molar-refractivity contribution in [1.82, 2.24) is 0 Å². The van der Waals surface area contributed by atoms with Crippen LogP contribution >= 0.6 is 0 Å². The first-order valence-electron chi connectivity index (χ1n) is 11.9. The zero-order chi connectivity index (χ0) is 24.3. The highest BCUT2D eigenvalue weighted by atomic mass is 19.1. The van der Waals surface area contributed by atoms with Gasteiger partial charge in [-0.25, -0.2) is 8.78 Å². The Hall–Kier alpha value is -2.47. The van der Waals surface area contributed by atoms with Crippen LogP contribution in [0.4, 0.5) is 14.5 Å². The zero-order valence-corrected chi connectivity index (χ0v) is 20.0. The maximum Gasteiger partial charge on any atom is 0.227 e. The first kappa shape index (κ1) is 26.8. The fourth-order valence-corrected chi connectivity index (χ4v) is 3.64. The molecule has 0 bridgehead atoms. The third kappa shape index (κ3) is 9.50. The van der Waals surface area contributed by atoms with Crippen LogP contribution in [0, 0.1) is 17.6 Å². The van der Waals surface area contributed by atoms with Gasteiger partial charge >= 0.3 is 0 Å². The number of nitrogens with one attached hydrogen (secondary N) is 1. The number of carbonyl (C=O) groups is 1. The SMILES string of the molecule is CCCCCCCC(CCc1ccc(OC(C)(C)CO)cc1)C(=O)Nc1ccc(F)cc1F. The Morgan fingerprint density at radius 2 is 1.73 bits per heavy atom. The Balaban J connectivity index is 1.99. The van der Waals surface area contributed by atoms with E-state index in [0.717, 1.165) is 49.8 Å². The van der Waals surface area contributed by atoms with Gasteiger partial charge in [-0.05, 0) is 62.9 Å². The number of aryl methyl sites for hydroxylation is 1. The molecule has 0 spiro atoms. The van der Waals surface area contributed by atoms with Crippen molar-refractivity contribution < 1.29 is 23.4 Å². The second-order valence-corrected chi connectivity index (χ2v) is 9.22. The number of ether oxygens (including phenoxy) is 1. The first-order valence-corrected chi connectivity index (χ1v) is 11.9. The van der Waals surface area contributed by atoms with Gasteiger partial charge in [-0.15, -0.1) is 0 Å². The molecular formula is C27H37F2NO3. The molecule has 2 aromatic carbocycles. The highest BCUT2D eigenvalue weighted by Gasteiger charge is 2.20. The van der Waals surface area contributed by atoms with E-state index in [1.165, 1.54) is 12.5 Å². The number of aliphatic hydroxyl groups is 1. The topological polar surface area (TPSA) is 58.6 Å². The van der Waals surface area contributed by atoms with Crippen molar-refractivity contribution in [2.24, 2.45) is 5.92 Å². The van der Waals surface area contributed by atoms with E-state index in [-0.39, 0.29) is 24.1 Å². The average molecular weight is 462 g/mol. The maximum absolute atomic E-state index is 14.0. The van der Waals surface area contributed by atoms with Crippen LogP contribution < -0.4 is 10.1 Å². The molecule has 1 amide bonds. The molecule has 182 valence electrons. The van der Waals surface area contributed by atoms with Crippen LogP contribution in [-0.4, -0.2) is 23.2 Å². The summed E-state index contributed by atoms with van der Waals surface area (Å²) in [6.07, 6.45) is 7.53. The molecule has 0 saturated carbocycles. The summed E-state index contributed by atoms with van der Waals surface area (Å²) in [5, 5.41) is 12.0. The van der Waals surface area contributed by atoms with Crippen LogP contribution in [0.2, 0.25) is 0 Å². The number of rotatable bonds is 14. The fraction of sp³-hybridized carbons (Fsp3) is 0.519. The number of halogens is 2. The molecule has 1 unspecified atom stereocenters. The Labute approximate surface area is 196 Å². The molecule has 6 heteroatoms. The molecule has 0 heterocycles. The number of aliphatic hydroxyl groups excluding tert-OH is 1. The molecule has 0 aliphatic heterocycles. The molecule has 0 saturated heterocycles. The Morgan fingerprint density at radius 1 is 1.03 bits per heavy atom. The number of anilines is 1. The van der Waals surface area contributed by atoms with E-state index in [1.54, 1.807) is 0 Å². The maximum atomic E-state index is 14.0. The highest BCUT2D eigenvalue weighted by molar-refractivity contribution is 5.92. The second kappa shape index (κ2) is 13.3. The summed E-state index contributed by atoms with van der Waals surface area (Å²) in [6.45, 7) is 5.70. The van der Waals surface area contributed by atoms with Crippen LogP contribution in [0.15, 0.2) is 42.5 Å². The summed E-state index contributed by atoms with van der Waals surface area (Å²) in [7, 11) is 0. The fourth-order valence-electron chi connectivity index (χ4n) is 3.64. The number of hydrogen-bond acceptors (Lipinski definition) is 3. The summed E-state index contributed by atoms with van der Waals surface area (Å²) >= 11 is 0. The molecule has 0 fully saturated rings. The normalized spacial score (nSPS) is 12.4. The van der Waals surface area contributed by atoms with Gasteiger partial charge in [0.25, 0.3) is 0 Å². The van der Waals surface area contributed by atoms with Crippen LogP contribution in [0.5, 0.6) is 5.75 Å². The molecule has 0 aliphatic carbocycles. The quantitative estimate of drug-likeness (QED) is 0.309. The van der Waals surface area contributed by atoms with Gasteiger partial charge in [0.2, 0.25) is 5.91 Å². The van der Waals surface area contributed by atoms with Crippen molar-refractivity contribution in [2.45, 2.75) is 77.7 Å². The van der Waals surface area contributed by atoms with Gasteiger partial charge < -0.3 is 15.2 Å². The molecule has 1 atom stereocenters. The molecule has 0 aromatic heterocycles. The van der Waals surface area contributed by atoms with Crippen LogP contribution in [0.1, 0.15) is 71.3 Å². The van der Waals surface area contributed by atoms with Crippen LogP contribution in [-0.2, 0) is 11.2 Å². The van der Waals surface area contributed by atoms with Gasteiger partial charge in [0.1, 0.15) is 23.0 Å². The predicted octanol–water partition coefficient (Wildman–Crippen LogP) is 6.66. The third-order valence-electron chi connectivity index (χ3n) is 5.70. The van der Waals surface area contributed by atoms with Gasteiger partial charge in [-0.3, -0.25) is 4.79 Å². The van der Waals surface area contributed by atoms with Crippen molar-refractivity contribution in [3.05, 3.63) is 59.7 Å². The lowest BCUT2D eigenvalue weighted by atomic mass is 9.92. The van der Waals surface area contributed by atoms with Gasteiger partial charge in [0, 0.05) is 12.0 Å². The Bertz CT molecular complexity index is 868. The van der Waals surface area contributed by atoms with Crippen LogP contribution in [0.3, 0.4) is 0 Å². The Morgan fingerprint density at radius 3 is 2.36 bits per heavy atom. The van der Waals surface area contributed by atoms with Crippen molar-refractivity contribution in [1.29, 1.82) is 0 Å². The summed E-state index contributed by atoms with van der Waals surface area (Å²) < 4.78 is 33.0.